The molecule has 0 aliphatic carbocycles. The second-order valence-electron chi connectivity index (χ2n) is 5.47. The molecule has 1 heterocycles. The number of aromatic nitrogens is 1. The van der Waals surface area contributed by atoms with Crippen molar-refractivity contribution in [1.29, 1.82) is 0 Å². The number of rotatable bonds is 6. The predicted octanol–water partition coefficient (Wildman–Crippen LogP) is 3.49. The normalized spacial score (nSPS) is 13.1. The minimum atomic E-state index is -0.918. The number of nitro groups is 1. The average molecular weight is 303 g/mol. The van der Waals surface area contributed by atoms with Gasteiger partial charge < -0.3 is 10.4 Å². The Morgan fingerprint density at radius 1 is 1.36 bits per heavy atom. The molecule has 2 aromatic rings. The standard InChI is InChI=1S/C16H21N3O3/c1-4-16(20,5-2)11(3)18-15-12-8-6-7-9-13(12)17-10-14(15)19(21)22/h6-11,20H,4-5H2,1-3H3,(H,17,18)/t11-/m1/s1. The Hall–Kier alpha value is -2.21. The maximum Gasteiger partial charge on any atom is 0.311 e. The predicted molar refractivity (Wildman–Crippen MR) is 87.0 cm³/mol. The summed E-state index contributed by atoms with van der Waals surface area (Å²) in [5.74, 6) is 0. The van der Waals surface area contributed by atoms with E-state index >= 15 is 0 Å². The van der Waals surface area contributed by atoms with E-state index in [2.05, 4.69) is 10.3 Å². The van der Waals surface area contributed by atoms with Gasteiger partial charge in [0.25, 0.3) is 0 Å². The summed E-state index contributed by atoms with van der Waals surface area (Å²) in [5.41, 5.74) is 0.0842. The third-order valence-corrected chi connectivity index (χ3v) is 4.34. The number of nitrogens with one attached hydrogen (secondary N) is 1. The molecule has 0 saturated heterocycles. The van der Waals surface area contributed by atoms with Crippen molar-refractivity contribution in [1.82, 2.24) is 4.98 Å². The molecule has 0 unspecified atom stereocenters. The number of para-hydroxylation sites is 1. The molecule has 6 nitrogen and oxygen atoms in total. The summed E-state index contributed by atoms with van der Waals surface area (Å²) in [4.78, 5) is 15.0. The van der Waals surface area contributed by atoms with E-state index in [1.54, 1.807) is 12.1 Å². The molecule has 1 aromatic heterocycles. The number of fused-ring (bicyclic) bond motifs is 1. The number of hydrogen-bond donors (Lipinski definition) is 2. The highest BCUT2D eigenvalue weighted by Crippen LogP contribution is 2.34. The Morgan fingerprint density at radius 3 is 2.59 bits per heavy atom. The first-order chi connectivity index (χ1) is 10.4. The van der Waals surface area contributed by atoms with E-state index in [-0.39, 0.29) is 11.7 Å². The second-order valence-corrected chi connectivity index (χ2v) is 5.47. The van der Waals surface area contributed by atoms with Crippen molar-refractivity contribution >= 4 is 22.3 Å². The molecule has 0 fully saturated rings. The van der Waals surface area contributed by atoms with Crippen molar-refractivity contribution in [2.45, 2.75) is 45.3 Å². The molecule has 0 aliphatic heterocycles. The number of pyridine rings is 1. The zero-order valence-corrected chi connectivity index (χ0v) is 13.0. The third-order valence-electron chi connectivity index (χ3n) is 4.34. The third kappa shape index (κ3) is 2.87. The molecule has 22 heavy (non-hydrogen) atoms. The molecular formula is C16H21N3O3. The fourth-order valence-electron chi connectivity index (χ4n) is 2.63. The largest absolute Gasteiger partial charge is 0.388 e. The van der Waals surface area contributed by atoms with Gasteiger partial charge in [0.05, 0.1) is 22.1 Å². The van der Waals surface area contributed by atoms with Crippen molar-refractivity contribution in [3.8, 4) is 0 Å². The van der Waals surface area contributed by atoms with Gasteiger partial charge in [0.15, 0.2) is 0 Å². The smallest absolute Gasteiger partial charge is 0.311 e. The van der Waals surface area contributed by atoms with Gasteiger partial charge in [-0.2, -0.15) is 0 Å². The van der Waals surface area contributed by atoms with Crippen LogP contribution in [-0.2, 0) is 0 Å². The fourth-order valence-corrected chi connectivity index (χ4v) is 2.63. The molecule has 0 amide bonds. The maximum absolute atomic E-state index is 11.3. The van der Waals surface area contributed by atoms with Crippen molar-refractivity contribution < 1.29 is 10.0 Å². The minimum Gasteiger partial charge on any atom is -0.388 e. The summed E-state index contributed by atoms with van der Waals surface area (Å²) >= 11 is 0. The van der Waals surface area contributed by atoms with E-state index in [0.29, 0.717) is 29.4 Å². The van der Waals surface area contributed by atoms with Crippen LogP contribution in [-0.4, -0.2) is 26.7 Å². The van der Waals surface area contributed by atoms with E-state index in [4.69, 9.17) is 0 Å². The molecule has 118 valence electrons. The van der Waals surface area contributed by atoms with Crippen LogP contribution in [0.4, 0.5) is 11.4 Å². The van der Waals surface area contributed by atoms with Crippen molar-refractivity contribution in [2.75, 3.05) is 5.32 Å². The van der Waals surface area contributed by atoms with Crippen LogP contribution in [0.5, 0.6) is 0 Å². The molecule has 0 radical (unpaired) electrons. The highest BCUT2D eigenvalue weighted by Gasteiger charge is 2.32. The highest BCUT2D eigenvalue weighted by atomic mass is 16.6. The van der Waals surface area contributed by atoms with Crippen LogP contribution in [0, 0.1) is 10.1 Å². The Balaban J connectivity index is 2.53. The first-order valence-electron chi connectivity index (χ1n) is 7.44. The molecule has 1 aromatic carbocycles. The lowest BCUT2D eigenvalue weighted by atomic mass is 9.89. The van der Waals surface area contributed by atoms with Gasteiger partial charge in [-0.3, -0.25) is 10.1 Å². The zero-order valence-electron chi connectivity index (χ0n) is 13.0. The summed E-state index contributed by atoms with van der Waals surface area (Å²) in [6.07, 6.45) is 2.39. The van der Waals surface area contributed by atoms with Gasteiger partial charge in [-0.05, 0) is 25.8 Å². The van der Waals surface area contributed by atoms with Crippen molar-refractivity contribution in [3.05, 3.63) is 40.6 Å². The van der Waals surface area contributed by atoms with E-state index in [9.17, 15) is 15.2 Å². The molecule has 0 aliphatic rings. The van der Waals surface area contributed by atoms with Gasteiger partial charge in [-0.1, -0.05) is 32.0 Å². The van der Waals surface area contributed by atoms with Gasteiger partial charge >= 0.3 is 5.69 Å². The van der Waals surface area contributed by atoms with Crippen LogP contribution in [0.3, 0.4) is 0 Å². The summed E-state index contributed by atoms with van der Waals surface area (Å²) in [6, 6.07) is 6.92. The van der Waals surface area contributed by atoms with E-state index in [1.165, 1.54) is 6.20 Å². The molecular weight excluding hydrogens is 282 g/mol. The zero-order chi connectivity index (χ0) is 16.3. The number of hydrogen-bond acceptors (Lipinski definition) is 5. The SMILES string of the molecule is CCC(O)(CC)[C@@H](C)Nc1c([N+](=O)[O-])cnc2ccccc12. The molecule has 1 atom stereocenters. The Bertz CT molecular complexity index is 683. The number of anilines is 1. The fraction of sp³-hybridized carbons (Fsp3) is 0.438. The van der Waals surface area contributed by atoms with Crippen LogP contribution in [0.2, 0.25) is 0 Å². The summed E-state index contributed by atoms with van der Waals surface area (Å²) in [5, 5.41) is 25.7. The van der Waals surface area contributed by atoms with Crippen molar-refractivity contribution in [2.24, 2.45) is 0 Å². The first kappa shape index (κ1) is 16.2. The average Bonchev–Trinajstić information content (AvgIpc) is 2.53. The lowest BCUT2D eigenvalue weighted by Crippen LogP contribution is -2.44. The van der Waals surface area contributed by atoms with Gasteiger partial charge in [-0.15, -0.1) is 0 Å². The monoisotopic (exact) mass is 303 g/mol. The van der Waals surface area contributed by atoms with E-state index < -0.39 is 10.5 Å². The quantitative estimate of drug-likeness (QED) is 0.630. The Labute approximate surface area is 129 Å². The topological polar surface area (TPSA) is 88.3 Å². The van der Waals surface area contributed by atoms with Gasteiger partial charge in [0.2, 0.25) is 0 Å². The van der Waals surface area contributed by atoms with E-state index in [1.807, 2.05) is 32.9 Å². The maximum atomic E-state index is 11.3. The molecule has 0 spiro atoms. The molecule has 0 saturated carbocycles. The first-order valence-corrected chi connectivity index (χ1v) is 7.44. The molecule has 6 heteroatoms. The second kappa shape index (κ2) is 6.27. The van der Waals surface area contributed by atoms with Gasteiger partial charge in [0.1, 0.15) is 11.9 Å². The Morgan fingerprint density at radius 2 is 2.00 bits per heavy atom. The van der Waals surface area contributed by atoms with Crippen LogP contribution in [0.25, 0.3) is 10.9 Å². The summed E-state index contributed by atoms with van der Waals surface area (Å²) in [7, 11) is 0. The minimum absolute atomic E-state index is 0.0832. The van der Waals surface area contributed by atoms with Crippen molar-refractivity contribution in [3.63, 3.8) is 0 Å². The Kier molecular flexibility index (Phi) is 4.61. The number of nitrogens with zero attached hydrogens (tertiary/aromatic N) is 2. The molecule has 2 rings (SSSR count). The molecule has 2 N–H and O–H groups in total. The van der Waals surface area contributed by atoms with Crippen LogP contribution in [0.1, 0.15) is 33.6 Å². The van der Waals surface area contributed by atoms with Crippen LogP contribution in [0.15, 0.2) is 30.5 Å². The van der Waals surface area contributed by atoms with Gasteiger partial charge in [0, 0.05) is 5.39 Å². The number of benzene rings is 1. The van der Waals surface area contributed by atoms with Crippen LogP contribution >= 0.6 is 0 Å². The summed E-state index contributed by atoms with van der Waals surface area (Å²) < 4.78 is 0. The van der Waals surface area contributed by atoms with Crippen LogP contribution < -0.4 is 5.32 Å². The van der Waals surface area contributed by atoms with E-state index in [0.717, 1.165) is 0 Å². The van der Waals surface area contributed by atoms with Gasteiger partial charge in [-0.25, -0.2) is 4.98 Å². The number of aliphatic hydroxyl groups is 1. The molecule has 0 bridgehead atoms. The lowest BCUT2D eigenvalue weighted by Gasteiger charge is -2.33. The highest BCUT2D eigenvalue weighted by molar-refractivity contribution is 5.95. The lowest BCUT2D eigenvalue weighted by molar-refractivity contribution is -0.384. The summed E-state index contributed by atoms with van der Waals surface area (Å²) in [6.45, 7) is 5.65.